The quantitative estimate of drug-likeness (QED) is 0.876. The van der Waals surface area contributed by atoms with Gasteiger partial charge in [0.05, 0.1) is 5.02 Å². The Hall–Kier alpha value is -1.65. The van der Waals surface area contributed by atoms with Gasteiger partial charge >= 0.3 is 0 Å². The first-order valence-corrected chi connectivity index (χ1v) is 6.59. The Balaban J connectivity index is 2.16. The van der Waals surface area contributed by atoms with Gasteiger partial charge in [0.15, 0.2) is 0 Å². The van der Waals surface area contributed by atoms with Crippen LogP contribution < -0.4 is 10.1 Å². The molecular formula is C15H14ClF2NO. The lowest BCUT2D eigenvalue weighted by Crippen LogP contribution is -2.11. The van der Waals surface area contributed by atoms with Crippen LogP contribution in [0.1, 0.15) is 12.5 Å². The van der Waals surface area contributed by atoms with Crippen LogP contribution in [0.25, 0.3) is 0 Å². The van der Waals surface area contributed by atoms with E-state index in [0.29, 0.717) is 17.3 Å². The number of hydrogen-bond acceptors (Lipinski definition) is 2. The molecule has 0 atom stereocenters. The molecular weight excluding hydrogens is 284 g/mol. The number of ether oxygens (including phenoxy) is 1. The van der Waals surface area contributed by atoms with Crippen LogP contribution in [0.3, 0.4) is 0 Å². The summed E-state index contributed by atoms with van der Waals surface area (Å²) in [6, 6.07) is 8.28. The van der Waals surface area contributed by atoms with Crippen molar-refractivity contribution in [1.29, 1.82) is 0 Å². The van der Waals surface area contributed by atoms with Gasteiger partial charge in [-0.1, -0.05) is 24.6 Å². The molecule has 0 bridgehead atoms. The van der Waals surface area contributed by atoms with Crippen molar-refractivity contribution < 1.29 is 13.5 Å². The highest BCUT2D eigenvalue weighted by atomic mass is 35.5. The Kier molecular flexibility index (Phi) is 4.93. The van der Waals surface area contributed by atoms with Crippen molar-refractivity contribution in [2.75, 3.05) is 6.54 Å². The van der Waals surface area contributed by atoms with Crippen LogP contribution >= 0.6 is 11.6 Å². The summed E-state index contributed by atoms with van der Waals surface area (Å²) in [4.78, 5) is 0. The van der Waals surface area contributed by atoms with Crippen molar-refractivity contribution in [3.63, 3.8) is 0 Å². The van der Waals surface area contributed by atoms with Gasteiger partial charge in [0.1, 0.15) is 23.1 Å². The van der Waals surface area contributed by atoms with Gasteiger partial charge in [-0.25, -0.2) is 8.78 Å². The molecule has 0 aliphatic rings. The first-order chi connectivity index (χ1) is 9.58. The van der Waals surface area contributed by atoms with Crippen LogP contribution in [0.2, 0.25) is 5.02 Å². The van der Waals surface area contributed by atoms with E-state index in [2.05, 4.69) is 5.32 Å². The standard InChI is InChI=1S/C15H14ClF2NO/c1-2-19-9-10-3-4-15(14(16)5-10)20-13-7-11(17)6-12(18)8-13/h3-8,19H,2,9H2,1H3. The highest BCUT2D eigenvalue weighted by molar-refractivity contribution is 6.32. The third kappa shape index (κ3) is 3.92. The van der Waals surface area contributed by atoms with Crippen molar-refractivity contribution >= 4 is 11.6 Å². The molecule has 0 heterocycles. The van der Waals surface area contributed by atoms with Gasteiger partial charge in [-0.3, -0.25) is 0 Å². The number of hydrogen-bond donors (Lipinski definition) is 1. The first kappa shape index (κ1) is 14.8. The highest BCUT2D eigenvalue weighted by Crippen LogP contribution is 2.30. The minimum absolute atomic E-state index is 0.0730. The third-order valence-corrected chi connectivity index (χ3v) is 2.93. The molecule has 0 saturated heterocycles. The lowest BCUT2D eigenvalue weighted by atomic mass is 10.2. The first-order valence-electron chi connectivity index (χ1n) is 6.21. The van der Waals surface area contributed by atoms with E-state index in [9.17, 15) is 8.78 Å². The van der Waals surface area contributed by atoms with Crippen molar-refractivity contribution in [2.24, 2.45) is 0 Å². The summed E-state index contributed by atoms with van der Waals surface area (Å²) in [5.41, 5.74) is 1.01. The van der Waals surface area contributed by atoms with E-state index < -0.39 is 11.6 Å². The Morgan fingerprint density at radius 2 is 1.80 bits per heavy atom. The molecule has 2 aromatic rings. The molecule has 0 spiro atoms. The molecule has 1 N–H and O–H groups in total. The van der Waals surface area contributed by atoms with Gasteiger partial charge in [0, 0.05) is 24.7 Å². The Bertz CT molecular complexity index is 584. The van der Waals surface area contributed by atoms with E-state index in [1.807, 2.05) is 13.0 Å². The Morgan fingerprint density at radius 1 is 1.10 bits per heavy atom. The molecule has 0 amide bonds. The molecule has 2 nitrogen and oxygen atoms in total. The molecule has 0 radical (unpaired) electrons. The maximum atomic E-state index is 13.1. The van der Waals surface area contributed by atoms with Gasteiger partial charge in [0.25, 0.3) is 0 Å². The van der Waals surface area contributed by atoms with Crippen molar-refractivity contribution in [3.8, 4) is 11.5 Å². The second kappa shape index (κ2) is 6.68. The van der Waals surface area contributed by atoms with Gasteiger partial charge < -0.3 is 10.1 Å². The van der Waals surface area contributed by atoms with Crippen molar-refractivity contribution in [3.05, 3.63) is 58.6 Å². The predicted octanol–water partition coefficient (Wildman–Crippen LogP) is 4.52. The normalized spacial score (nSPS) is 10.6. The van der Waals surface area contributed by atoms with Crippen LogP contribution in [-0.4, -0.2) is 6.54 Å². The van der Waals surface area contributed by atoms with Gasteiger partial charge in [-0.2, -0.15) is 0 Å². The van der Waals surface area contributed by atoms with Crippen LogP contribution in [0, 0.1) is 11.6 Å². The van der Waals surface area contributed by atoms with E-state index in [1.54, 1.807) is 12.1 Å². The molecule has 2 rings (SSSR count). The second-order valence-corrected chi connectivity index (χ2v) is 4.66. The lowest BCUT2D eigenvalue weighted by Gasteiger charge is -2.10. The zero-order chi connectivity index (χ0) is 14.5. The number of rotatable bonds is 5. The molecule has 5 heteroatoms. The molecule has 0 aliphatic carbocycles. The summed E-state index contributed by atoms with van der Waals surface area (Å²) >= 11 is 6.10. The smallest absolute Gasteiger partial charge is 0.146 e. The van der Waals surface area contributed by atoms with Crippen molar-refractivity contribution in [2.45, 2.75) is 13.5 Å². The van der Waals surface area contributed by atoms with E-state index in [1.165, 1.54) is 0 Å². The number of nitrogens with one attached hydrogen (secondary N) is 1. The average Bonchev–Trinajstić information content (AvgIpc) is 2.38. The van der Waals surface area contributed by atoms with Crippen LogP contribution in [0.15, 0.2) is 36.4 Å². The summed E-state index contributed by atoms with van der Waals surface area (Å²) < 4.78 is 31.5. The number of halogens is 3. The minimum Gasteiger partial charge on any atom is -0.456 e. The van der Waals surface area contributed by atoms with Crippen LogP contribution in [0.4, 0.5) is 8.78 Å². The van der Waals surface area contributed by atoms with Gasteiger partial charge in [0.2, 0.25) is 0 Å². The number of benzene rings is 2. The molecule has 0 unspecified atom stereocenters. The molecule has 0 saturated carbocycles. The van der Waals surface area contributed by atoms with Crippen LogP contribution in [-0.2, 0) is 6.54 Å². The molecule has 20 heavy (non-hydrogen) atoms. The van der Waals surface area contributed by atoms with E-state index >= 15 is 0 Å². The Morgan fingerprint density at radius 3 is 2.40 bits per heavy atom. The zero-order valence-corrected chi connectivity index (χ0v) is 11.7. The molecule has 2 aromatic carbocycles. The largest absolute Gasteiger partial charge is 0.456 e. The van der Waals surface area contributed by atoms with E-state index in [-0.39, 0.29) is 5.75 Å². The lowest BCUT2D eigenvalue weighted by molar-refractivity contribution is 0.468. The summed E-state index contributed by atoms with van der Waals surface area (Å²) in [5, 5.41) is 3.57. The fourth-order valence-corrected chi connectivity index (χ4v) is 1.96. The van der Waals surface area contributed by atoms with Crippen molar-refractivity contribution in [1.82, 2.24) is 5.32 Å². The maximum Gasteiger partial charge on any atom is 0.146 e. The summed E-state index contributed by atoms with van der Waals surface area (Å²) in [7, 11) is 0. The molecule has 0 fully saturated rings. The SMILES string of the molecule is CCNCc1ccc(Oc2cc(F)cc(F)c2)c(Cl)c1. The van der Waals surface area contributed by atoms with E-state index in [4.69, 9.17) is 16.3 Å². The average molecular weight is 298 g/mol. The topological polar surface area (TPSA) is 21.3 Å². The highest BCUT2D eigenvalue weighted by Gasteiger charge is 2.07. The summed E-state index contributed by atoms with van der Waals surface area (Å²) in [6.45, 7) is 3.57. The third-order valence-electron chi connectivity index (χ3n) is 2.64. The monoisotopic (exact) mass is 297 g/mol. The molecule has 106 valence electrons. The molecule has 0 aromatic heterocycles. The van der Waals surface area contributed by atoms with Gasteiger partial charge in [-0.05, 0) is 24.2 Å². The molecule has 0 aliphatic heterocycles. The Labute approximate surface area is 121 Å². The maximum absolute atomic E-state index is 13.1. The second-order valence-electron chi connectivity index (χ2n) is 4.25. The van der Waals surface area contributed by atoms with Crippen LogP contribution in [0.5, 0.6) is 11.5 Å². The fourth-order valence-electron chi connectivity index (χ4n) is 1.72. The fraction of sp³-hybridized carbons (Fsp3) is 0.200. The van der Waals surface area contributed by atoms with E-state index in [0.717, 1.165) is 30.3 Å². The zero-order valence-electron chi connectivity index (χ0n) is 10.9. The minimum atomic E-state index is -0.695. The summed E-state index contributed by atoms with van der Waals surface area (Å²) in [5.74, 6) is -0.958. The van der Waals surface area contributed by atoms with Gasteiger partial charge in [-0.15, -0.1) is 0 Å². The predicted molar refractivity (Wildman–Crippen MR) is 75.3 cm³/mol. The summed E-state index contributed by atoms with van der Waals surface area (Å²) in [6.07, 6.45) is 0.